The van der Waals surface area contributed by atoms with Crippen molar-refractivity contribution < 1.29 is 9.50 Å². The zero-order valence-electron chi connectivity index (χ0n) is 10.1. The number of nitrogens with zero attached hydrogens (tertiary/aromatic N) is 1. The maximum atomic E-state index is 13.2. The van der Waals surface area contributed by atoms with E-state index < -0.39 is 5.60 Å². The molecule has 0 unspecified atom stereocenters. The SMILES string of the molecule is CN(CC1(O)CCCC1)c1cc(F)ccc1N. The molecule has 2 rings (SSSR count). The fourth-order valence-corrected chi connectivity index (χ4v) is 2.57. The average molecular weight is 238 g/mol. The highest BCUT2D eigenvalue weighted by Gasteiger charge is 2.32. The molecule has 1 saturated carbocycles. The number of nitrogen functional groups attached to an aromatic ring is 1. The highest BCUT2D eigenvalue weighted by atomic mass is 19.1. The summed E-state index contributed by atoms with van der Waals surface area (Å²) in [7, 11) is 1.83. The Morgan fingerprint density at radius 1 is 1.41 bits per heavy atom. The van der Waals surface area contributed by atoms with Crippen LogP contribution in [-0.2, 0) is 0 Å². The lowest BCUT2D eigenvalue weighted by Gasteiger charge is -2.30. The van der Waals surface area contributed by atoms with E-state index in [1.54, 1.807) is 6.07 Å². The molecular formula is C13H19FN2O. The van der Waals surface area contributed by atoms with Crippen molar-refractivity contribution in [3.05, 3.63) is 24.0 Å². The maximum absolute atomic E-state index is 13.2. The minimum absolute atomic E-state index is 0.306. The highest BCUT2D eigenvalue weighted by molar-refractivity contribution is 5.67. The first-order valence-corrected chi connectivity index (χ1v) is 5.99. The van der Waals surface area contributed by atoms with E-state index >= 15 is 0 Å². The lowest BCUT2D eigenvalue weighted by Crippen LogP contribution is -2.39. The Kier molecular flexibility index (Phi) is 3.24. The molecule has 3 nitrogen and oxygen atoms in total. The first-order valence-electron chi connectivity index (χ1n) is 5.99. The highest BCUT2D eigenvalue weighted by Crippen LogP contribution is 2.32. The molecule has 0 radical (unpaired) electrons. The van der Waals surface area contributed by atoms with Gasteiger partial charge in [0.2, 0.25) is 0 Å². The third-order valence-electron chi connectivity index (χ3n) is 3.47. The number of hydrogen-bond donors (Lipinski definition) is 2. The van der Waals surface area contributed by atoms with Crippen LogP contribution in [0.15, 0.2) is 18.2 Å². The summed E-state index contributed by atoms with van der Waals surface area (Å²) in [4.78, 5) is 1.84. The maximum Gasteiger partial charge on any atom is 0.125 e. The second-order valence-corrected chi connectivity index (χ2v) is 4.99. The van der Waals surface area contributed by atoms with Gasteiger partial charge in [-0.1, -0.05) is 12.8 Å². The zero-order chi connectivity index (χ0) is 12.5. The van der Waals surface area contributed by atoms with Gasteiger partial charge < -0.3 is 15.7 Å². The summed E-state index contributed by atoms with van der Waals surface area (Å²) >= 11 is 0. The van der Waals surface area contributed by atoms with Gasteiger partial charge in [0, 0.05) is 13.6 Å². The van der Waals surface area contributed by atoms with Gasteiger partial charge in [0.1, 0.15) is 5.82 Å². The van der Waals surface area contributed by atoms with Gasteiger partial charge in [0.15, 0.2) is 0 Å². The predicted molar refractivity (Wildman–Crippen MR) is 67.5 cm³/mol. The second kappa shape index (κ2) is 4.53. The van der Waals surface area contributed by atoms with Crippen molar-refractivity contribution in [2.24, 2.45) is 0 Å². The molecule has 1 aromatic carbocycles. The van der Waals surface area contributed by atoms with Crippen LogP contribution < -0.4 is 10.6 Å². The van der Waals surface area contributed by atoms with Crippen LogP contribution in [0.4, 0.5) is 15.8 Å². The Balaban J connectivity index is 2.13. The minimum Gasteiger partial charge on any atom is -0.397 e. The number of benzene rings is 1. The van der Waals surface area contributed by atoms with Crippen LogP contribution in [-0.4, -0.2) is 24.3 Å². The van der Waals surface area contributed by atoms with Crippen LogP contribution in [0.1, 0.15) is 25.7 Å². The first kappa shape index (κ1) is 12.2. The number of likely N-dealkylation sites (N-methyl/N-ethyl adjacent to an activating group) is 1. The predicted octanol–water partition coefficient (Wildman–Crippen LogP) is 2.15. The van der Waals surface area contributed by atoms with Crippen LogP contribution in [0.2, 0.25) is 0 Å². The fraction of sp³-hybridized carbons (Fsp3) is 0.538. The Labute approximate surface area is 101 Å². The van der Waals surface area contributed by atoms with Crippen LogP contribution in [0.25, 0.3) is 0 Å². The third-order valence-corrected chi connectivity index (χ3v) is 3.47. The molecule has 94 valence electrons. The van der Waals surface area contributed by atoms with Gasteiger partial charge in [-0.05, 0) is 31.0 Å². The van der Waals surface area contributed by atoms with Crippen molar-refractivity contribution >= 4 is 11.4 Å². The molecular weight excluding hydrogens is 219 g/mol. The van der Waals surface area contributed by atoms with Gasteiger partial charge in [-0.2, -0.15) is 0 Å². The number of halogens is 1. The number of nitrogens with two attached hydrogens (primary N) is 1. The molecule has 1 aliphatic rings. The van der Waals surface area contributed by atoms with E-state index in [4.69, 9.17) is 5.73 Å². The summed E-state index contributed by atoms with van der Waals surface area (Å²) in [5, 5.41) is 10.3. The molecule has 0 amide bonds. The van der Waals surface area contributed by atoms with Gasteiger partial charge in [-0.15, -0.1) is 0 Å². The summed E-state index contributed by atoms with van der Waals surface area (Å²) in [5.74, 6) is -0.306. The van der Waals surface area contributed by atoms with E-state index in [-0.39, 0.29) is 5.82 Å². The molecule has 1 aliphatic carbocycles. The van der Waals surface area contributed by atoms with Crippen LogP contribution in [0, 0.1) is 5.82 Å². The Morgan fingerprint density at radius 3 is 2.71 bits per heavy atom. The van der Waals surface area contributed by atoms with E-state index in [9.17, 15) is 9.50 Å². The normalized spacial score (nSPS) is 18.3. The number of aliphatic hydroxyl groups is 1. The Bertz CT molecular complexity index is 402. The Hall–Kier alpha value is -1.29. The van der Waals surface area contributed by atoms with Crippen molar-refractivity contribution in [3.63, 3.8) is 0 Å². The fourth-order valence-electron chi connectivity index (χ4n) is 2.57. The summed E-state index contributed by atoms with van der Waals surface area (Å²) in [5.41, 5.74) is 6.35. The summed E-state index contributed by atoms with van der Waals surface area (Å²) in [6.07, 6.45) is 3.74. The van der Waals surface area contributed by atoms with Crippen molar-refractivity contribution in [1.29, 1.82) is 0 Å². The van der Waals surface area contributed by atoms with E-state index in [1.165, 1.54) is 12.1 Å². The van der Waals surface area contributed by atoms with Gasteiger partial charge in [0.25, 0.3) is 0 Å². The lowest BCUT2D eigenvalue weighted by atomic mass is 10.0. The first-order chi connectivity index (χ1) is 8.00. The second-order valence-electron chi connectivity index (χ2n) is 4.99. The number of anilines is 2. The summed E-state index contributed by atoms with van der Waals surface area (Å²) in [6.45, 7) is 0.501. The molecule has 0 aromatic heterocycles. The van der Waals surface area contributed by atoms with E-state index in [1.807, 2.05) is 11.9 Å². The van der Waals surface area contributed by atoms with E-state index in [0.29, 0.717) is 17.9 Å². The van der Waals surface area contributed by atoms with E-state index in [0.717, 1.165) is 25.7 Å². The van der Waals surface area contributed by atoms with E-state index in [2.05, 4.69) is 0 Å². The molecule has 0 heterocycles. The molecule has 17 heavy (non-hydrogen) atoms. The van der Waals surface area contributed by atoms with Crippen molar-refractivity contribution in [2.75, 3.05) is 24.2 Å². The third kappa shape index (κ3) is 2.69. The van der Waals surface area contributed by atoms with Crippen molar-refractivity contribution in [3.8, 4) is 0 Å². The van der Waals surface area contributed by atoms with Crippen molar-refractivity contribution in [1.82, 2.24) is 0 Å². The summed E-state index contributed by atoms with van der Waals surface area (Å²) in [6, 6.07) is 4.31. The standard InChI is InChI=1S/C13H19FN2O/c1-16(9-13(17)6-2-3-7-13)12-8-10(14)4-5-11(12)15/h4-5,8,17H,2-3,6-7,9,15H2,1H3. The smallest absolute Gasteiger partial charge is 0.125 e. The summed E-state index contributed by atoms with van der Waals surface area (Å²) < 4.78 is 13.2. The van der Waals surface area contributed by atoms with Crippen LogP contribution in [0.3, 0.4) is 0 Å². The zero-order valence-corrected chi connectivity index (χ0v) is 10.1. The molecule has 0 bridgehead atoms. The molecule has 0 aliphatic heterocycles. The molecule has 0 saturated heterocycles. The molecule has 1 aromatic rings. The van der Waals surface area contributed by atoms with Gasteiger partial charge >= 0.3 is 0 Å². The Morgan fingerprint density at radius 2 is 2.06 bits per heavy atom. The molecule has 0 spiro atoms. The quantitative estimate of drug-likeness (QED) is 0.793. The average Bonchev–Trinajstić information content (AvgIpc) is 2.68. The van der Waals surface area contributed by atoms with Crippen molar-refractivity contribution in [2.45, 2.75) is 31.3 Å². The molecule has 0 atom stereocenters. The monoisotopic (exact) mass is 238 g/mol. The minimum atomic E-state index is -0.645. The lowest BCUT2D eigenvalue weighted by molar-refractivity contribution is 0.0559. The molecule has 4 heteroatoms. The topological polar surface area (TPSA) is 49.5 Å². The van der Waals surface area contributed by atoms with Crippen LogP contribution >= 0.6 is 0 Å². The van der Waals surface area contributed by atoms with Gasteiger partial charge in [0.05, 0.1) is 17.0 Å². The molecule has 1 fully saturated rings. The van der Waals surface area contributed by atoms with Crippen LogP contribution in [0.5, 0.6) is 0 Å². The largest absolute Gasteiger partial charge is 0.397 e. The number of rotatable bonds is 3. The van der Waals surface area contributed by atoms with Gasteiger partial charge in [-0.25, -0.2) is 4.39 Å². The molecule has 3 N–H and O–H groups in total. The number of hydrogen-bond acceptors (Lipinski definition) is 3. The van der Waals surface area contributed by atoms with Gasteiger partial charge in [-0.3, -0.25) is 0 Å².